The summed E-state index contributed by atoms with van der Waals surface area (Å²) in [7, 11) is 0. The third kappa shape index (κ3) is 2.70. The van der Waals surface area contributed by atoms with Crippen LogP contribution in [0.4, 0.5) is 4.39 Å². The lowest BCUT2D eigenvalue weighted by Crippen LogP contribution is -2.29. The molecule has 0 bridgehead atoms. The highest BCUT2D eigenvalue weighted by atomic mass is 19.1. The Kier molecular flexibility index (Phi) is 3.77. The van der Waals surface area contributed by atoms with Crippen LogP contribution in [0.2, 0.25) is 0 Å². The van der Waals surface area contributed by atoms with Crippen LogP contribution in [-0.4, -0.2) is 15.9 Å². The minimum Gasteiger partial charge on any atom is -0.508 e. The van der Waals surface area contributed by atoms with Gasteiger partial charge >= 0.3 is 0 Å². The Bertz CT molecular complexity index is 1310. The molecule has 0 saturated carbocycles. The third-order valence-electron chi connectivity index (χ3n) is 5.02. The fraction of sp³-hybridized carbons (Fsp3) is 0.0909. The minimum absolute atomic E-state index is 0.00225. The molecule has 5 rings (SSSR count). The van der Waals surface area contributed by atoms with Crippen molar-refractivity contribution in [2.24, 2.45) is 0 Å². The van der Waals surface area contributed by atoms with Gasteiger partial charge in [-0.25, -0.2) is 4.39 Å². The van der Waals surface area contributed by atoms with E-state index in [0.29, 0.717) is 11.3 Å². The van der Waals surface area contributed by atoms with E-state index >= 15 is 0 Å². The average Bonchev–Trinajstić information content (AvgIpc) is 3.31. The van der Waals surface area contributed by atoms with Gasteiger partial charge in [-0.3, -0.25) is 9.59 Å². The predicted octanol–water partition coefficient (Wildman–Crippen LogP) is 3.98. The number of furan rings is 1. The molecule has 1 atom stereocenters. The first-order valence-corrected chi connectivity index (χ1v) is 8.91. The summed E-state index contributed by atoms with van der Waals surface area (Å²) in [4.78, 5) is 27.9. The van der Waals surface area contributed by atoms with Gasteiger partial charge in [0.1, 0.15) is 22.9 Å². The maximum atomic E-state index is 13.7. The van der Waals surface area contributed by atoms with Crippen LogP contribution in [0.5, 0.6) is 5.75 Å². The lowest BCUT2D eigenvalue weighted by Gasteiger charge is -2.24. The number of halogens is 1. The third-order valence-corrected chi connectivity index (χ3v) is 5.02. The smallest absolute Gasteiger partial charge is 0.291 e. The zero-order valence-electron chi connectivity index (χ0n) is 15.0. The minimum atomic E-state index is -0.807. The van der Waals surface area contributed by atoms with Crippen LogP contribution in [0.15, 0.2) is 74.5 Å². The quantitative estimate of drug-likeness (QED) is 0.571. The number of hydrogen-bond acceptors (Lipinski definition) is 5. The maximum Gasteiger partial charge on any atom is 0.291 e. The summed E-state index contributed by atoms with van der Waals surface area (Å²) in [6.07, 6.45) is 1.49. The van der Waals surface area contributed by atoms with Gasteiger partial charge in [0.25, 0.3) is 5.91 Å². The first-order valence-electron chi connectivity index (χ1n) is 8.91. The number of hydrogen-bond donors (Lipinski definition) is 1. The van der Waals surface area contributed by atoms with Crippen LogP contribution in [-0.2, 0) is 6.54 Å². The van der Waals surface area contributed by atoms with Gasteiger partial charge in [0, 0.05) is 0 Å². The summed E-state index contributed by atoms with van der Waals surface area (Å²) < 4.78 is 24.8. The number of phenolic OH excluding ortho intramolecular Hbond substituents is 1. The van der Waals surface area contributed by atoms with Gasteiger partial charge < -0.3 is 18.8 Å². The molecule has 2 aromatic heterocycles. The molecule has 6 nitrogen and oxygen atoms in total. The summed E-state index contributed by atoms with van der Waals surface area (Å²) in [5.74, 6) is -0.616. The van der Waals surface area contributed by atoms with E-state index in [1.165, 1.54) is 35.4 Å². The fourth-order valence-corrected chi connectivity index (χ4v) is 3.77. The predicted molar refractivity (Wildman–Crippen MR) is 101 cm³/mol. The van der Waals surface area contributed by atoms with Gasteiger partial charge in [-0.2, -0.15) is 0 Å². The van der Waals surface area contributed by atoms with E-state index in [2.05, 4.69) is 0 Å². The van der Waals surface area contributed by atoms with Gasteiger partial charge in [-0.05, 0) is 48.0 Å². The summed E-state index contributed by atoms with van der Waals surface area (Å²) >= 11 is 0. The van der Waals surface area contributed by atoms with Gasteiger partial charge in [-0.15, -0.1) is 0 Å². The number of phenols is 1. The standard InChI is InChI=1S/C22H14FNO5/c23-13-6-7-17-16(10-13)20(26)18-19(12-3-1-4-14(25)9-12)24(22(27)21(18)29-17)11-15-5-2-8-28-15/h1-10,19,25H,11H2/t19-/m1/s1. The monoisotopic (exact) mass is 391 g/mol. The number of nitrogens with zero attached hydrogens (tertiary/aromatic N) is 1. The Hall–Kier alpha value is -3.87. The highest BCUT2D eigenvalue weighted by Gasteiger charge is 2.43. The van der Waals surface area contributed by atoms with Crippen LogP contribution < -0.4 is 5.43 Å². The normalized spacial score (nSPS) is 15.8. The van der Waals surface area contributed by atoms with Crippen molar-refractivity contribution in [2.75, 3.05) is 0 Å². The second-order valence-electron chi connectivity index (χ2n) is 6.82. The van der Waals surface area contributed by atoms with E-state index < -0.39 is 23.2 Å². The van der Waals surface area contributed by atoms with Crippen molar-refractivity contribution in [3.8, 4) is 5.75 Å². The molecular weight excluding hydrogens is 377 g/mol. The number of carbonyl (C=O) groups is 1. The first-order chi connectivity index (χ1) is 14.0. The Balaban J connectivity index is 1.77. The lowest BCUT2D eigenvalue weighted by atomic mass is 9.98. The molecule has 1 aliphatic heterocycles. The Labute approximate surface area is 163 Å². The molecule has 0 spiro atoms. The highest BCUT2D eigenvalue weighted by molar-refractivity contribution is 5.99. The topological polar surface area (TPSA) is 83.9 Å². The number of benzene rings is 2. The molecule has 0 saturated heterocycles. The number of rotatable bonds is 3. The molecule has 1 amide bonds. The van der Waals surface area contributed by atoms with Crippen LogP contribution in [0.1, 0.15) is 33.5 Å². The van der Waals surface area contributed by atoms with Crippen molar-refractivity contribution < 1.29 is 23.1 Å². The molecule has 1 N–H and O–H groups in total. The lowest BCUT2D eigenvalue weighted by molar-refractivity contribution is 0.0701. The van der Waals surface area contributed by atoms with Gasteiger partial charge in [0.05, 0.1) is 29.8 Å². The van der Waals surface area contributed by atoms with Crippen molar-refractivity contribution in [2.45, 2.75) is 12.6 Å². The fourth-order valence-electron chi connectivity index (χ4n) is 3.77. The van der Waals surface area contributed by atoms with Crippen molar-refractivity contribution >= 4 is 16.9 Å². The van der Waals surface area contributed by atoms with E-state index in [1.807, 2.05) is 0 Å². The molecule has 0 unspecified atom stereocenters. The van der Waals surface area contributed by atoms with E-state index in [1.54, 1.807) is 24.3 Å². The van der Waals surface area contributed by atoms with Crippen molar-refractivity contribution in [1.29, 1.82) is 0 Å². The Morgan fingerprint density at radius 2 is 1.93 bits per heavy atom. The van der Waals surface area contributed by atoms with Crippen LogP contribution >= 0.6 is 0 Å². The SMILES string of the molecule is O=C1c2oc3ccc(F)cc3c(=O)c2[C@@H](c2cccc(O)c2)N1Cc1ccco1. The Morgan fingerprint density at radius 1 is 1.07 bits per heavy atom. The summed E-state index contributed by atoms with van der Waals surface area (Å²) in [6.45, 7) is 0.0977. The zero-order chi connectivity index (χ0) is 20.1. The van der Waals surface area contributed by atoms with E-state index in [9.17, 15) is 19.1 Å². The maximum absolute atomic E-state index is 13.7. The summed E-state index contributed by atoms with van der Waals surface area (Å²) in [6, 6.07) is 12.5. The number of fused-ring (bicyclic) bond motifs is 2. The molecule has 4 aromatic rings. The molecule has 29 heavy (non-hydrogen) atoms. The zero-order valence-corrected chi connectivity index (χ0v) is 15.0. The van der Waals surface area contributed by atoms with Crippen molar-refractivity contribution in [3.63, 3.8) is 0 Å². The number of amides is 1. The number of aromatic hydroxyl groups is 1. The average molecular weight is 391 g/mol. The molecule has 2 aromatic carbocycles. The Morgan fingerprint density at radius 3 is 2.69 bits per heavy atom. The van der Waals surface area contributed by atoms with E-state index in [-0.39, 0.29) is 34.6 Å². The summed E-state index contributed by atoms with van der Waals surface area (Å²) in [5.41, 5.74) is 0.305. The molecule has 7 heteroatoms. The molecular formula is C22H14FNO5. The van der Waals surface area contributed by atoms with E-state index in [4.69, 9.17) is 8.83 Å². The first kappa shape index (κ1) is 17.2. The summed E-state index contributed by atoms with van der Waals surface area (Å²) in [5, 5.41) is 9.99. The van der Waals surface area contributed by atoms with Crippen molar-refractivity contribution in [3.05, 3.63) is 99.5 Å². The molecule has 144 valence electrons. The molecule has 1 aliphatic rings. The molecule has 0 fully saturated rings. The van der Waals surface area contributed by atoms with E-state index in [0.717, 1.165) is 6.07 Å². The second kappa shape index (κ2) is 6.34. The van der Waals surface area contributed by atoms with Crippen LogP contribution in [0.25, 0.3) is 11.0 Å². The number of carbonyl (C=O) groups excluding carboxylic acids is 1. The molecule has 3 heterocycles. The van der Waals surface area contributed by atoms with Crippen LogP contribution in [0, 0.1) is 5.82 Å². The van der Waals surface area contributed by atoms with Crippen LogP contribution in [0.3, 0.4) is 0 Å². The molecule has 0 radical (unpaired) electrons. The highest BCUT2D eigenvalue weighted by Crippen LogP contribution is 2.39. The molecule has 0 aliphatic carbocycles. The second-order valence-corrected chi connectivity index (χ2v) is 6.82. The largest absolute Gasteiger partial charge is 0.508 e. The van der Waals surface area contributed by atoms with Crippen molar-refractivity contribution in [1.82, 2.24) is 4.90 Å². The van der Waals surface area contributed by atoms with Gasteiger partial charge in [0.2, 0.25) is 5.76 Å². The van der Waals surface area contributed by atoms with Gasteiger partial charge in [-0.1, -0.05) is 12.1 Å². The van der Waals surface area contributed by atoms with Gasteiger partial charge in [0.15, 0.2) is 5.43 Å².